The number of carbonyl (C=O) groups is 1. The highest BCUT2D eigenvalue weighted by atomic mass is 16.5. The van der Waals surface area contributed by atoms with E-state index in [-0.39, 0.29) is 17.9 Å². The van der Waals surface area contributed by atoms with Crippen molar-refractivity contribution in [2.45, 2.75) is 32.4 Å². The maximum atomic E-state index is 12.7. The van der Waals surface area contributed by atoms with Gasteiger partial charge in [0.1, 0.15) is 5.75 Å². The first-order valence-corrected chi connectivity index (χ1v) is 8.73. The SMILES string of the molecule is C=C1C(C)CC(=O)N(Cc2ccccc2)C1Cc1ccc(OC)cc1. The lowest BCUT2D eigenvalue weighted by Crippen LogP contribution is -2.47. The minimum absolute atomic E-state index is 0.0323. The molecule has 2 aromatic carbocycles. The van der Waals surface area contributed by atoms with Crippen LogP contribution in [0.15, 0.2) is 66.7 Å². The lowest BCUT2D eigenvalue weighted by atomic mass is 9.84. The maximum Gasteiger partial charge on any atom is 0.223 e. The summed E-state index contributed by atoms with van der Waals surface area (Å²) in [6.45, 7) is 7.04. The Labute approximate surface area is 149 Å². The third-order valence-electron chi connectivity index (χ3n) is 5.02. The van der Waals surface area contributed by atoms with E-state index in [0.717, 1.165) is 23.3 Å². The van der Waals surface area contributed by atoms with Crippen LogP contribution in [-0.4, -0.2) is 24.0 Å². The molecule has 3 heteroatoms. The molecule has 1 amide bonds. The number of ether oxygens (including phenoxy) is 1. The lowest BCUT2D eigenvalue weighted by molar-refractivity contribution is -0.136. The number of piperidine rings is 1. The molecule has 2 unspecified atom stereocenters. The molecule has 0 spiro atoms. The normalized spacial score (nSPS) is 20.6. The van der Waals surface area contributed by atoms with Crippen LogP contribution in [0.1, 0.15) is 24.5 Å². The van der Waals surface area contributed by atoms with Crippen LogP contribution in [0.4, 0.5) is 0 Å². The van der Waals surface area contributed by atoms with Crippen molar-refractivity contribution >= 4 is 5.91 Å². The Morgan fingerprint density at radius 3 is 2.40 bits per heavy atom. The van der Waals surface area contributed by atoms with Crippen molar-refractivity contribution in [1.29, 1.82) is 0 Å². The Balaban J connectivity index is 1.84. The van der Waals surface area contributed by atoms with Gasteiger partial charge in [0, 0.05) is 13.0 Å². The Morgan fingerprint density at radius 2 is 1.76 bits per heavy atom. The zero-order valence-electron chi connectivity index (χ0n) is 14.9. The first-order chi connectivity index (χ1) is 12.1. The molecule has 0 N–H and O–H groups in total. The van der Waals surface area contributed by atoms with Gasteiger partial charge in [-0.2, -0.15) is 0 Å². The Hall–Kier alpha value is -2.55. The molecule has 25 heavy (non-hydrogen) atoms. The minimum Gasteiger partial charge on any atom is -0.497 e. The van der Waals surface area contributed by atoms with Gasteiger partial charge in [0.05, 0.1) is 13.2 Å². The molecule has 2 aromatic rings. The zero-order valence-corrected chi connectivity index (χ0v) is 14.9. The number of likely N-dealkylation sites (tertiary alicyclic amines) is 1. The van der Waals surface area contributed by atoms with Crippen molar-refractivity contribution in [3.8, 4) is 5.75 Å². The molecular weight excluding hydrogens is 310 g/mol. The number of nitrogens with zero attached hydrogens (tertiary/aromatic N) is 1. The molecule has 1 heterocycles. The van der Waals surface area contributed by atoms with Crippen molar-refractivity contribution in [2.75, 3.05) is 7.11 Å². The first-order valence-electron chi connectivity index (χ1n) is 8.73. The number of methoxy groups -OCH3 is 1. The van der Waals surface area contributed by atoms with Gasteiger partial charge < -0.3 is 9.64 Å². The highest BCUT2D eigenvalue weighted by Gasteiger charge is 2.34. The number of amides is 1. The number of carbonyl (C=O) groups excluding carboxylic acids is 1. The van der Waals surface area contributed by atoms with Gasteiger partial charge in [-0.25, -0.2) is 0 Å². The zero-order chi connectivity index (χ0) is 17.8. The molecule has 2 atom stereocenters. The molecule has 3 nitrogen and oxygen atoms in total. The molecule has 0 bridgehead atoms. The second-order valence-corrected chi connectivity index (χ2v) is 6.76. The van der Waals surface area contributed by atoms with Crippen molar-refractivity contribution in [2.24, 2.45) is 5.92 Å². The van der Waals surface area contributed by atoms with Gasteiger partial charge >= 0.3 is 0 Å². The molecule has 130 valence electrons. The fraction of sp³-hybridized carbons (Fsp3) is 0.318. The van der Waals surface area contributed by atoms with E-state index in [2.05, 4.69) is 37.8 Å². The van der Waals surface area contributed by atoms with E-state index in [0.29, 0.717) is 13.0 Å². The summed E-state index contributed by atoms with van der Waals surface area (Å²) in [6, 6.07) is 18.3. The Kier molecular flexibility index (Phi) is 5.22. The maximum absolute atomic E-state index is 12.7. The first kappa shape index (κ1) is 17.3. The predicted octanol–water partition coefficient (Wildman–Crippen LogP) is 4.23. The van der Waals surface area contributed by atoms with Crippen LogP contribution in [0, 0.1) is 5.92 Å². The second-order valence-electron chi connectivity index (χ2n) is 6.76. The standard InChI is InChI=1S/C22H25NO2/c1-16-13-22(24)23(15-19-7-5-4-6-8-19)21(17(16)2)14-18-9-11-20(25-3)12-10-18/h4-12,16,21H,2,13-15H2,1,3H3. The summed E-state index contributed by atoms with van der Waals surface area (Å²) >= 11 is 0. The van der Waals surface area contributed by atoms with Gasteiger partial charge in [-0.1, -0.05) is 61.5 Å². The molecule has 0 aliphatic carbocycles. The topological polar surface area (TPSA) is 29.5 Å². The predicted molar refractivity (Wildman–Crippen MR) is 100 cm³/mol. The molecule has 0 radical (unpaired) electrons. The van der Waals surface area contributed by atoms with Crippen LogP contribution in [0.5, 0.6) is 5.75 Å². The van der Waals surface area contributed by atoms with Crippen molar-refractivity contribution in [3.63, 3.8) is 0 Å². The van der Waals surface area contributed by atoms with Crippen molar-refractivity contribution < 1.29 is 9.53 Å². The summed E-state index contributed by atoms with van der Waals surface area (Å²) in [5.74, 6) is 1.28. The number of hydrogen-bond donors (Lipinski definition) is 0. The van der Waals surface area contributed by atoms with Gasteiger partial charge in [-0.05, 0) is 35.6 Å². The van der Waals surface area contributed by atoms with Crippen LogP contribution in [0.2, 0.25) is 0 Å². The van der Waals surface area contributed by atoms with Gasteiger partial charge in [-0.15, -0.1) is 0 Å². The van der Waals surface area contributed by atoms with E-state index in [1.54, 1.807) is 7.11 Å². The van der Waals surface area contributed by atoms with Gasteiger partial charge in [0.2, 0.25) is 5.91 Å². The highest BCUT2D eigenvalue weighted by Crippen LogP contribution is 2.31. The Bertz CT molecular complexity index is 736. The smallest absolute Gasteiger partial charge is 0.223 e. The largest absolute Gasteiger partial charge is 0.497 e. The van der Waals surface area contributed by atoms with Crippen molar-refractivity contribution in [3.05, 3.63) is 77.9 Å². The lowest BCUT2D eigenvalue weighted by Gasteiger charge is -2.40. The van der Waals surface area contributed by atoms with E-state index in [4.69, 9.17) is 4.74 Å². The van der Waals surface area contributed by atoms with Gasteiger partial charge in [0.25, 0.3) is 0 Å². The van der Waals surface area contributed by atoms with Crippen LogP contribution in [0.3, 0.4) is 0 Å². The average molecular weight is 335 g/mol. The average Bonchev–Trinajstić information content (AvgIpc) is 2.64. The summed E-state index contributed by atoms with van der Waals surface area (Å²) in [5, 5.41) is 0. The van der Waals surface area contributed by atoms with E-state index in [1.807, 2.05) is 35.2 Å². The molecule has 3 rings (SSSR count). The molecule has 1 fully saturated rings. The Morgan fingerprint density at radius 1 is 1.08 bits per heavy atom. The third-order valence-corrected chi connectivity index (χ3v) is 5.02. The van der Waals surface area contributed by atoms with Crippen LogP contribution in [0.25, 0.3) is 0 Å². The molecule has 0 saturated carbocycles. The van der Waals surface area contributed by atoms with Gasteiger partial charge in [0.15, 0.2) is 0 Å². The molecular formula is C22H25NO2. The molecule has 1 aliphatic heterocycles. The third kappa shape index (κ3) is 3.93. The number of hydrogen-bond acceptors (Lipinski definition) is 2. The summed E-state index contributed by atoms with van der Waals surface area (Å²) in [7, 11) is 1.67. The summed E-state index contributed by atoms with van der Waals surface area (Å²) in [4.78, 5) is 14.7. The molecule has 0 aromatic heterocycles. The van der Waals surface area contributed by atoms with E-state index < -0.39 is 0 Å². The monoisotopic (exact) mass is 335 g/mol. The summed E-state index contributed by atoms with van der Waals surface area (Å²) in [5.41, 5.74) is 3.48. The summed E-state index contributed by atoms with van der Waals surface area (Å²) < 4.78 is 5.23. The van der Waals surface area contributed by atoms with Crippen LogP contribution in [-0.2, 0) is 17.8 Å². The van der Waals surface area contributed by atoms with Crippen LogP contribution >= 0.6 is 0 Å². The van der Waals surface area contributed by atoms with Crippen LogP contribution < -0.4 is 4.74 Å². The summed E-state index contributed by atoms with van der Waals surface area (Å²) in [6.07, 6.45) is 1.33. The molecule has 1 aliphatic rings. The van der Waals surface area contributed by atoms with Crippen molar-refractivity contribution in [1.82, 2.24) is 4.90 Å². The quantitative estimate of drug-likeness (QED) is 0.765. The minimum atomic E-state index is 0.0323. The number of benzene rings is 2. The highest BCUT2D eigenvalue weighted by molar-refractivity contribution is 5.79. The fourth-order valence-electron chi connectivity index (χ4n) is 3.42. The molecule has 1 saturated heterocycles. The fourth-order valence-corrected chi connectivity index (χ4v) is 3.42. The van der Waals surface area contributed by atoms with E-state index in [9.17, 15) is 4.79 Å². The second kappa shape index (κ2) is 7.56. The van der Waals surface area contributed by atoms with E-state index in [1.165, 1.54) is 5.56 Å². The number of rotatable bonds is 5. The van der Waals surface area contributed by atoms with E-state index >= 15 is 0 Å². The van der Waals surface area contributed by atoms with Gasteiger partial charge in [-0.3, -0.25) is 4.79 Å².